The predicted octanol–water partition coefficient (Wildman–Crippen LogP) is 1.96. The Balaban J connectivity index is 1.69. The summed E-state index contributed by atoms with van der Waals surface area (Å²) < 4.78 is 10.5. The molecule has 0 bridgehead atoms. The van der Waals surface area contributed by atoms with E-state index in [0.717, 1.165) is 12.0 Å². The number of benzene rings is 1. The van der Waals surface area contributed by atoms with Crippen LogP contribution in [0.25, 0.3) is 0 Å². The van der Waals surface area contributed by atoms with Crippen molar-refractivity contribution in [3.63, 3.8) is 0 Å². The number of aliphatic hydroxyl groups is 1. The Morgan fingerprint density at radius 1 is 1.17 bits per heavy atom. The average molecular weight is 333 g/mol. The van der Waals surface area contributed by atoms with E-state index in [1.807, 2.05) is 30.3 Å². The van der Waals surface area contributed by atoms with Gasteiger partial charge >= 0.3 is 12.1 Å². The first-order chi connectivity index (χ1) is 11.6. The molecule has 0 aromatic heterocycles. The Labute approximate surface area is 141 Å². The van der Waals surface area contributed by atoms with Crippen molar-refractivity contribution in [2.45, 2.75) is 38.5 Å². The molecule has 1 saturated carbocycles. The number of carbonyl (C=O) groups is 2. The van der Waals surface area contributed by atoms with Gasteiger partial charge in [0.2, 0.25) is 0 Å². The third-order valence-corrected chi connectivity index (χ3v) is 4.96. The van der Waals surface area contributed by atoms with Crippen LogP contribution < -0.4 is 0 Å². The maximum atomic E-state index is 12.5. The van der Waals surface area contributed by atoms with E-state index in [2.05, 4.69) is 0 Å². The molecular formula is C18H23NO5. The summed E-state index contributed by atoms with van der Waals surface area (Å²) >= 11 is 0. The van der Waals surface area contributed by atoms with Crippen LogP contribution in [0.1, 0.15) is 25.3 Å². The minimum atomic E-state index is -0.657. The highest BCUT2D eigenvalue weighted by Crippen LogP contribution is 2.43. The Kier molecular flexibility index (Phi) is 5.04. The number of carbonyl (C=O) groups excluding carboxylic acids is 2. The lowest BCUT2D eigenvalue weighted by molar-refractivity contribution is -0.149. The van der Waals surface area contributed by atoms with Crippen molar-refractivity contribution < 1.29 is 24.2 Å². The molecule has 2 aliphatic rings. The lowest BCUT2D eigenvalue weighted by atomic mass is 9.93. The molecule has 1 aromatic rings. The molecular weight excluding hydrogens is 310 g/mol. The summed E-state index contributed by atoms with van der Waals surface area (Å²) in [6.07, 6.45) is 0.382. The van der Waals surface area contributed by atoms with E-state index >= 15 is 0 Å². The van der Waals surface area contributed by atoms with Crippen molar-refractivity contribution in [1.82, 2.24) is 4.90 Å². The van der Waals surface area contributed by atoms with E-state index in [1.165, 1.54) is 4.90 Å². The van der Waals surface area contributed by atoms with Crippen molar-refractivity contribution in [2.75, 3.05) is 13.2 Å². The van der Waals surface area contributed by atoms with E-state index in [4.69, 9.17) is 9.47 Å². The highest BCUT2D eigenvalue weighted by molar-refractivity contribution is 5.82. The summed E-state index contributed by atoms with van der Waals surface area (Å²) in [6.45, 7) is 2.50. The molecule has 4 atom stereocenters. The first-order valence-electron chi connectivity index (χ1n) is 8.43. The van der Waals surface area contributed by atoms with Crippen molar-refractivity contribution in [3.05, 3.63) is 35.9 Å². The van der Waals surface area contributed by atoms with Gasteiger partial charge in [-0.1, -0.05) is 30.3 Å². The van der Waals surface area contributed by atoms with Crippen molar-refractivity contribution in [1.29, 1.82) is 0 Å². The molecule has 24 heavy (non-hydrogen) atoms. The summed E-state index contributed by atoms with van der Waals surface area (Å²) in [5.74, 6) is -0.539. The number of aliphatic hydroxyl groups excluding tert-OH is 1. The first-order valence-corrected chi connectivity index (χ1v) is 8.43. The van der Waals surface area contributed by atoms with Crippen molar-refractivity contribution in [2.24, 2.45) is 11.8 Å². The van der Waals surface area contributed by atoms with Crippen LogP contribution >= 0.6 is 0 Å². The Morgan fingerprint density at radius 3 is 2.62 bits per heavy atom. The highest BCUT2D eigenvalue weighted by atomic mass is 16.6. The van der Waals surface area contributed by atoms with Crippen LogP contribution in [0.5, 0.6) is 0 Å². The molecule has 6 nitrogen and oxygen atoms in total. The fourth-order valence-electron chi connectivity index (χ4n) is 3.82. The fraction of sp³-hybridized carbons (Fsp3) is 0.556. The molecule has 130 valence electrons. The largest absolute Gasteiger partial charge is 0.464 e. The lowest BCUT2D eigenvalue weighted by Crippen LogP contribution is -2.44. The molecule has 1 aliphatic heterocycles. The smallest absolute Gasteiger partial charge is 0.410 e. The Morgan fingerprint density at radius 2 is 1.92 bits per heavy atom. The third kappa shape index (κ3) is 3.24. The second-order valence-electron chi connectivity index (χ2n) is 6.36. The Hall–Kier alpha value is -2.08. The van der Waals surface area contributed by atoms with Gasteiger partial charge in [0.15, 0.2) is 0 Å². The van der Waals surface area contributed by atoms with Crippen LogP contribution in [0, 0.1) is 11.8 Å². The third-order valence-electron chi connectivity index (χ3n) is 4.96. The van der Waals surface area contributed by atoms with Gasteiger partial charge in [-0.15, -0.1) is 0 Å². The number of fused-ring (bicyclic) bond motifs is 1. The van der Waals surface area contributed by atoms with Gasteiger partial charge in [0.1, 0.15) is 12.6 Å². The molecule has 1 unspecified atom stereocenters. The molecule has 2 fully saturated rings. The molecule has 1 aliphatic carbocycles. The van der Waals surface area contributed by atoms with Crippen LogP contribution in [0.3, 0.4) is 0 Å². The van der Waals surface area contributed by atoms with Crippen LogP contribution in [0.15, 0.2) is 30.3 Å². The topological polar surface area (TPSA) is 76.1 Å². The molecule has 1 N–H and O–H groups in total. The summed E-state index contributed by atoms with van der Waals surface area (Å²) in [6, 6.07) is 8.74. The maximum absolute atomic E-state index is 12.5. The van der Waals surface area contributed by atoms with Crippen LogP contribution in [0.2, 0.25) is 0 Å². The zero-order valence-electron chi connectivity index (χ0n) is 13.8. The number of rotatable bonds is 4. The molecule has 1 aromatic carbocycles. The second-order valence-corrected chi connectivity index (χ2v) is 6.36. The summed E-state index contributed by atoms with van der Waals surface area (Å²) in [4.78, 5) is 26.2. The van der Waals surface area contributed by atoms with Gasteiger partial charge in [0.05, 0.1) is 12.7 Å². The number of amides is 1. The van der Waals surface area contributed by atoms with Gasteiger partial charge in [0, 0.05) is 12.5 Å². The molecule has 1 saturated heterocycles. The van der Waals surface area contributed by atoms with Gasteiger partial charge in [-0.3, -0.25) is 4.90 Å². The maximum Gasteiger partial charge on any atom is 0.410 e. The highest BCUT2D eigenvalue weighted by Gasteiger charge is 2.53. The molecule has 1 heterocycles. The summed E-state index contributed by atoms with van der Waals surface area (Å²) in [5.41, 5.74) is 0.887. The fourth-order valence-corrected chi connectivity index (χ4v) is 3.82. The summed E-state index contributed by atoms with van der Waals surface area (Å²) in [7, 11) is 0. The van der Waals surface area contributed by atoms with Gasteiger partial charge < -0.3 is 14.6 Å². The van der Waals surface area contributed by atoms with E-state index in [0.29, 0.717) is 13.0 Å². The normalized spacial score (nSPS) is 28.5. The number of esters is 1. The first kappa shape index (κ1) is 16.8. The Bertz CT molecular complexity index is 590. The molecule has 0 radical (unpaired) electrons. The van der Waals surface area contributed by atoms with Gasteiger partial charge in [0.25, 0.3) is 0 Å². The molecule has 1 amide bonds. The zero-order valence-corrected chi connectivity index (χ0v) is 13.8. The number of hydrogen-bond acceptors (Lipinski definition) is 5. The van der Waals surface area contributed by atoms with Crippen molar-refractivity contribution in [3.8, 4) is 0 Å². The van der Waals surface area contributed by atoms with Gasteiger partial charge in [-0.2, -0.15) is 0 Å². The second kappa shape index (κ2) is 7.21. The quantitative estimate of drug-likeness (QED) is 0.853. The van der Waals surface area contributed by atoms with E-state index < -0.39 is 24.2 Å². The van der Waals surface area contributed by atoms with E-state index in [9.17, 15) is 14.7 Å². The summed E-state index contributed by atoms with van der Waals surface area (Å²) in [5, 5.41) is 10.1. The SMILES string of the molecule is CCOC(=O)[C@@H]1[C@H]2CCC(O)[C@H]2CN1C(=O)OCc1ccccc1. The van der Waals surface area contributed by atoms with Crippen LogP contribution in [0.4, 0.5) is 4.79 Å². The van der Waals surface area contributed by atoms with Crippen LogP contribution in [-0.4, -0.2) is 47.4 Å². The molecule has 3 rings (SSSR count). The molecule has 6 heteroatoms. The van der Waals surface area contributed by atoms with Crippen LogP contribution in [-0.2, 0) is 20.9 Å². The van der Waals surface area contributed by atoms with Crippen molar-refractivity contribution >= 4 is 12.1 Å². The number of hydrogen-bond donors (Lipinski definition) is 1. The predicted molar refractivity (Wildman–Crippen MR) is 86.0 cm³/mol. The number of nitrogens with zero attached hydrogens (tertiary/aromatic N) is 1. The number of likely N-dealkylation sites (tertiary alicyclic amines) is 1. The average Bonchev–Trinajstić information content (AvgIpc) is 3.14. The van der Waals surface area contributed by atoms with Gasteiger partial charge in [-0.25, -0.2) is 9.59 Å². The zero-order chi connectivity index (χ0) is 17.1. The minimum absolute atomic E-state index is 0.0525. The van der Waals surface area contributed by atoms with E-state index in [-0.39, 0.29) is 25.0 Å². The van der Waals surface area contributed by atoms with E-state index in [1.54, 1.807) is 6.92 Å². The van der Waals surface area contributed by atoms with Gasteiger partial charge in [-0.05, 0) is 31.2 Å². The standard InChI is InChI=1S/C18H23NO5/c1-2-23-17(21)16-13-8-9-15(20)14(13)10-19(16)18(22)24-11-12-6-4-3-5-7-12/h3-7,13-16,20H,2,8-11H2,1H3/t13-,14-,15?,16-/m0/s1. The minimum Gasteiger partial charge on any atom is -0.464 e. The molecule has 0 spiro atoms. The number of ether oxygens (including phenoxy) is 2. The lowest BCUT2D eigenvalue weighted by Gasteiger charge is -2.25. The monoisotopic (exact) mass is 333 g/mol.